The number of hydrogen-bond donors (Lipinski definition) is 1. The molecular formula is C10H12N2O. The van der Waals surface area contributed by atoms with E-state index < -0.39 is 0 Å². The van der Waals surface area contributed by atoms with Gasteiger partial charge >= 0.3 is 0 Å². The van der Waals surface area contributed by atoms with Gasteiger partial charge in [0.05, 0.1) is 5.69 Å². The molecule has 1 N–H and O–H groups in total. The maximum atomic E-state index is 11.1. The third-order valence-corrected chi connectivity index (χ3v) is 3.42. The normalized spacial score (nSPS) is 30.2. The molecule has 3 nitrogen and oxygen atoms in total. The number of H-pyrrole nitrogens is 1. The molecule has 0 atom stereocenters. The molecule has 0 spiro atoms. The average molecular weight is 176 g/mol. The molecular weight excluding hydrogens is 164 g/mol. The molecule has 0 amide bonds. The fourth-order valence-electron chi connectivity index (χ4n) is 2.76. The number of nitrogens with one attached hydrogen (secondary N) is 1. The monoisotopic (exact) mass is 176 g/mol. The highest BCUT2D eigenvalue weighted by molar-refractivity contribution is 5.31. The Hall–Kier alpha value is -1.12. The third kappa shape index (κ3) is 0.961. The van der Waals surface area contributed by atoms with E-state index in [0.29, 0.717) is 11.8 Å². The minimum atomic E-state index is -0.0497. The molecule has 3 aliphatic rings. The van der Waals surface area contributed by atoms with E-state index in [1.165, 1.54) is 36.9 Å². The van der Waals surface area contributed by atoms with Crippen molar-refractivity contribution in [2.45, 2.75) is 37.5 Å². The van der Waals surface area contributed by atoms with E-state index in [1.807, 2.05) is 0 Å². The number of rotatable bonds is 0. The second kappa shape index (κ2) is 2.44. The summed E-state index contributed by atoms with van der Waals surface area (Å²) in [5.74, 6) is 1.24. The summed E-state index contributed by atoms with van der Waals surface area (Å²) in [7, 11) is 0. The zero-order valence-corrected chi connectivity index (χ0v) is 7.42. The van der Waals surface area contributed by atoms with Crippen molar-refractivity contribution in [1.29, 1.82) is 0 Å². The first-order chi connectivity index (χ1) is 6.34. The van der Waals surface area contributed by atoms with Crippen LogP contribution in [0.4, 0.5) is 0 Å². The minimum absolute atomic E-state index is 0.0497. The van der Waals surface area contributed by atoms with Crippen molar-refractivity contribution in [1.82, 2.24) is 10.2 Å². The van der Waals surface area contributed by atoms with Gasteiger partial charge in [0.25, 0.3) is 5.56 Å². The predicted molar refractivity (Wildman–Crippen MR) is 48.8 cm³/mol. The van der Waals surface area contributed by atoms with Crippen LogP contribution in [0.25, 0.3) is 0 Å². The third-order valence-electron chi connectivity index (χ3n) is 3.42. The van der Waals surface area contributed by atoms with Crippen molar-refractivity contribution in [2.75, 3.05) is 0 Å². The molecule has 1 saturated carbocycles. The smallest absolute Gasteiger partial charge is 0.264 e. The van der Waals surface area contributed by atoms with Crippen LogP contribution in [0.15, 0.2) is 10.9 Å². The van der Waals surface area contributed by atoms with Gasteiger partial charge in [0.1, 0.15) is 0 Å². The molecule has 0 aromatic carbocycles. The van der Waals surface area contributed by atoms with Crippen molar-refractivity contribution in [3.8, 4) is 0 Å². The first kappa shape index (κ1) is 7.30. The van der Waals surface area contributed by atoms with Gasteiger partial charge in [-0.3, -0.25) is 4.79 Å². The Kier molecular flexibility index (Phi) is 1.37. The van der Waals surface area contributed by atoms with Crippen LogP contribution in [0.1, 0.15) is 48.8 Å². The van der Waals surface area contributed by atoms with Crippen LogP contribution in [0, 0.1) is 0 Å². The summed E-state index contributed by atoms with van der Waals surface area (Å²) in [6, 6.07) is 1.75. The van der Waals surface area contributed by atoms with Gasteiger partial charge in [-0.15, -0.1) is 0 Å². The lowest BCUT2D eigenvalue weighted by atomic mass is 9.69. The van der Waals surface area contributed by atoms with Crippen LogP contribution in [0.5, 0.6) is 0 Å². The Morgan fingerprint density at radius 1 is 1.23 bits per heavy atom. The molecule has 0 aliphatic heterocycles. The van der Waals surface area contributed by atoms with Crippen LogP contribution >= 0.6 is 0 Å². The molecule has 3 heteroatoms. The van der Waals surface area contributed by atoms with Gasteiger partial charge in [-0.25, -0.2) is 5.10 Å². The fourth-order valence-corrected chi connectivity index (χ4v) is 2.76. The highest BCUT2D eigenvalue weighted by atomic mass is 16.1. The Bertz CT molecular complexity index is 388. The number of aromatic nitrogens is 2. The molecule has 3 aliphatic carbocycles. The van der Waals surface area contributed by atoms with Gasteiger partial charge in [0, 0.05) is 12.0 Å². The zero-order valence-electron chi connectivity index (χ0n) is 7.42. The van der Waals surface area contributed by atoms with Gasteiger partial charge < -0.3 is 0 Å². The molecule has 1 aromatic heterocycles. The quantitative estimate of drug-likeness (QED) is 0.651. The SMILES string of the molecule is O=c1cc2c(n[nH]1)C1CCC2CC1. The maximum Gasteiger partial charge on any atom is 0.264 e. The van der Waals surface area contributed by atoms with Gasteiger partial charge in [0.15, 0.2) is 0 Å². The van der Waals surface area contributed by atoms with Crippen molar-refractivity contribution < 1.29 is 0 Å². The molecule has 0 unspecified atom stereocenters. The lowest BCUT2D eigenvalue weighted by Gasteiger charge is -2.36. The number of nitrogens with zero attached hydrogens (tertiary/aromatic N) is 1. The zero-order chi connectivity index (χ0) is 8.84. The van der Waals surface area contributed by atoms with E-state index in [4.69, 9.17) is 0 Å². The first-order valence-electron chi connectivity index (χ1n) is 4.94. The Labute approximate surface area is 76.2 Å². The molecule has 4 rings (SSSR count). The fraction of sp³-hybridized carbons (Fsp3) is 0.600. The van der Waals surface area contributed by atoms with Crippen LogP contribution in [0.3, 0.4) is 0 Å². The van der Waals surface area contributed by atoms with E-state index in [9.17, 15) is 4.79 Å². The van der Waals surface area contributed by atoms with Crippen LogP contribution < -0.4 is 5.56 Å². The van der Waals surface area contributed by atoms with Crippen molar-refractivity contribution >= 4 is 0 Å². The Morgan fingerprint density at radius 3 is 2.69 bits per heavy atom. The second-order valence-electron chi connectivity index (χ2n) is 4.12. The van der Waals surface area contributed by atoms with Crippen molar-refractivity contribution in [3.05, 3.63) is 27.7 Å². The Morgan fingerprint density at radius 2 is 1.92 bits per heavy atom. The van der Waals surface area contributed by atoms with E-state index in [2.05, 4.69) is 10.2 Å². The van der Waals surface area contributed by atoms with Crippen LogP contribution in [0.2, 0.25) is 0 Å². The number of hydrogen-bond acceptors (Lipinski definition) is 2. The van der Waals surface area contributed by atoms with E-state index in [1.54, 1.807) is 6.07 Å². The highest BCUT2D eigenvalue weighted by Crippen LogP contribution is 2.47. The largest absolute Gasteiger partial charge is 0.268 e. The maximum absolute atomic E-state index is 11.1. The number of aromatic amines is 1. The summed E-state index contributed by atoms with van der Waals surface area (Å²) in [6.45, 7) is 0. The molecule has 13 heavy (non-hydrogen) atoms. The topological polar surface area (TPSA) is 45.8 Å². The summed E-state index contributed by atoms with van der Waals surface area (Å²) in [5, 5.41) is 6.70. The van der Waals surface area contributed by atoms with E-state index in [0.717, 1.165) is 0 Å². The molecule has 1 fully saturated rings. The summed E-state index contributed by atoms with van der Waals surface area (Å²) >= 11 is 0. The summed E-state index contributed by atoms with van der Waals surface area (Å²) < 4.78 is 0. The van der Waals surface area contributed by atoms with Crippen LogP contribution in [-0.2, 0) is 0 Å². The van der Waals surface area contributed by atoms with Gasteiger partial charge in [-0.05, 0) is 37.2 Å². The molecule has 1 aromatic rings. The average Bonchev–Trinajstić information content (AvgIpc) is 2.19. The molecule has 0 saturated heterocycles. The summed E-state index contributed by atoms with van der Waals surface area (Å²) in [4.78, 5) is 11.1. The molecule has 0 radical (unpaired) electrons. The van der Waals surface area contributed by atoms with Crippen LogP contribution in [-0.4, -0.2) is 10.2 Å². The standard InChI is InChI=1S/C10H12N2O/c13-9-5-8-6-1-3-7(4-2-6)10(8)12-11-9/h5-7H,1-4H2,(H,11,13). The van der Waals surface area contributed by atoms with Crippen molar-refractivity contribution in [3.63, 3.8) is 0 Å². The van der Waals surface area contributed by atoms with Gasteiger partial charge in [-0.2, -0.15) is 5.10 Å². The Balaban J connectivity index is 2.23. The molecule has 2 bridgehead atoms. The van der Waals surface area contributed by atoms with Crippen molar-refractivity contribution in [2.24, 2.45) is 0 Å². The summed E-state index contributed by atoms with van der Waals surface area (Å²) in [6.07, 6.45) is 5.03. The van der Waals surface area contributed by atoms with Gasteiger partial charge in [-0.1, -0.05) is 0 Å². The predicted octanol–water partition coefficient (Wildman–Crippen LogP) is 1.52. The molecule has 1 heterocycles. The van der Waals surface area contributed by atoms with Gasteiger partial charge in [0.2, 0.25) is 0 Å². The first-order valence-corrected chi connectivity index (χ1v) is 4.94. The second-order valence-corrected chi connectivity index (χ2v) is 4.12. The minimum Gasteiger partial charge on any atom is -0.268 e. The van der Waals surface area contributed by atoms with E-state index in [-0.39, 0.29) is 5.56 Å². The van der Waals surface area contributed by atoms with E-state index >= 15 is 0 Å². The molecule has 68 valence electrons. The number of fused-ring (bicyclic) bond motifs is 2. The summed E-state index contributed by atoms with van der Waals surface area (Å²) in [5.41, 5.74) is 2.35. The lowest BCUT2D eigenvalue weighted by Crippen LogP contribution is -2.26. The lowest BCUT2D eigenvalue weighted by molar-refractivity contribution is 0.347. The highest BCUT2D eigenvalue weighted by Gasteiger charge is 2.34.